The highest BCUT2D eigenvalue weighted by molar-refractivity contribution is 7.14. The Labute approximate surface area is 144 Å². The van der Waals surface area contributed by atoms with E-state index in [-0.39, 0.29) is 5.91 Å². The number of nitrogens with one attached hydrogen (secondary N) is 2. The van der Waals surface area contributed by atoms with Crippen LogP contribution < -0.4 is 16.4 Å². The van der Waals surface area contributed by atoms with Crippen LogP contribution in [0.15, 0.2) is 22.6 Å². The number of anilines is 1. The van der Waals surface area contributed by atoms with E-state index in [1.165, 1.54) is 18.3 Å². The molecule has 24 heavy (non-hydrogen) atoms. The van der Waals surface area contributed by atoms with Gasteiger partial charge in [0.25, 0.3) is 0 Å². The van der Waals surface area contributed by atoms with Crippen LogP contribution in [-0.2, 0) is 11.3 Å². The number of aliphatic imine (C=N–C) groups is 1. The van der Waals surface area contributed by atoms with Crippen molar-refractivity contribution in [2.24, 2.45) is 10.7 Å². The zero-order valence-electron chi connectivity index (χ0n) is 13.7. The Bertz CT molecular complexity index is 713. The normalized spacial score (nSPS) is 11.3. The lowest BCUT2D eigenvalue weighted by Gasteiger charge is -2.03. The van der Waals surface area contributed by atoms with E-state index in [0.29, 0.717) is 35.7 Å². The van der Waals surface area contributed by atoms with Crippen LogP contribution in [0.25, 0.3) is 11.5 Å². The number of carbonyl (C=O) groups is 1. The minimum atomic E-state index is -0.104. The van der Waals surface area contributed by atoms with Gasteiger partial charge in [0.15, 0.2) is 16.9 Å². The number of carbonyl (C=O) groups excluding carboxylic acids is 1. The molecule has 0 aromatic carbocycles. The lowest BCUT2D eigenvalue weighted by Crippen LogP contribution is -2.22. The van der Waals surface area contributed by atoms with Crippen molar-refractivity contribution in [2.45, 2.75) is 33.2 Å². The molecule has 2 heterocycles. The first kappa shape index (κ1) is 17.8. The van der Waals surface area contributed by atoms with E-state index in [9.17, 15) is 4.79 Å². The highest BCUT2D eigenvalue weighted by atomic mass is 32.1. The number of hydrogen-bond donors (Lipinski definition) is 3. The van der Waals surface area contributed by atoms with Gasteiger partial charge in [0.2, 0.25) is 5.91 Å². The van der Waals surface area contributed by atoms with Crippen molar-refractivity contribution in [3.05, 3.63) is 23.3 Å². The van der Waals surface area contributed by atoms with E-state index in [0.717, 1.165) is 18.5 Å². The molecule has 0 unspecified atom stereocenters. The number of rotatable bonds is 7. The van der Waals surface area contributed by atoms with E-state index in [2.05, 4.69) is 37.5 Å². The Morgan fingerprint density at radius 1 is 1.42 bits per heavy atom. The van der Waals surface area contributed by atoms with Crippen molar-refractivity contribution in [3.63, 3.8) is 0 Å². The molecule has 0 saturated carbocycles. The smallest absolute Gasteiger partial charge is 0.217 e. The summed E-state index contributed by atoms with van der Waals surface area (Å²) in [5.41, 5.74) is 7.19. The monoisotopic (exact) mass is 347 g/mol. The second-order valence-corrected chi connectivity index (χ2v) is 5.92. The van der Waals surface area contributed by atoms with Crippen LogP contribution in [0.1, 0.15) is 32.4 Å². The molecule has 0 aliphatic rings. The van der Waals surface area contributed by atoms with Gasteiger partial charge in [0, 0.05) is 25.0 Å². The fraction of sp³-hybridized carbons (Fsp3) is 0.400. The summed E-state index contributed by atoms with van der Waals surface area (Å²) in [6, 6.07) is 1.75. The maximum absolute atomic E-state index is 11.0. The van der Waals surface area contributed by atoms with E-state index in [1.807, 2.05) is 5.38 Å². The topological polar surface area (TPSA) is 118 Å². The molecule has 0 saturated heterocycles. The maximum atomic E-state index is 11.0. The zero-order valence-corrected chi connectivity index (χ0v) is 14.6. The second-order valence-electron chi connectivity index (χ2n) is 5.06. The molecule has 0 radical (unpaired) electrons. The van der Waals surface area contributed by atoms with Crippen molar-refractivity contribution in [2.75, 3.05) is 11.9 Å². The van der Waals surface area contributed by atoms with Gasteiger partial charge in [-0.05, 0) is 12.5 Å². The summed E-state index contributed by atoms with van der Waals surface area (Å²) in [5.74, 6) is 0.751. The molecular weight excluding hydrogens is 326 g/mol. The predicted molar refractivity (Wildman–Crippen MR) is 95.7 cm³/mol. The molecule has 0 fully saturated rings. The minimum absolute atomic E-state index is 0.104. The molecule has 2 aromatic heterocycles. The van der Waals surface area contributed by atoms with Crippen molar-refractivity contribution in [1.29, 1.82) is 0 Å². The minimum Gasteiger partial charge on any atom is -0.370 e. The number of unbranched alkanes of at least 4 members (excludes halogenated alkanes) is 1. The van der Waals surface area contributed by atoms with Gasteiger partial charge < -0.3 is 16.4 Å². The predicted octanol–water partition coefficient (Wildman–Crippen LogP) is 1.76. The Morgan fingerprint density at radius 2 is 2.25 bits per heavy atom. The first-order chi connectivity index (χ1) is 11.6. The average Bonchev–Trinajstić information content (AvgIpc) is 3.02. The van der Waals surface area contributed by atoms with Gasteiger partial charge in [-0.15, -0.1) is 11.3 Å². The molecule has 0 aliphatic carbocycles. The van der Waals surface area contributed by atoms with Crippen molar-refractivity contribution in [3.8, 4) is 11.5 Å². The molecule has 0 atom stereocenters. The Morgan fingerprint density at radius 3 is 3.00 bits per heavy atom. The summed E-state index contributed by atoms with van der Waals surface area (Å²) >= 11 is 1.40. The highest BCUT2D eigenvalue weighted by Crippen LogP contribution is 2.22. The molecule has 4 N–H and O–H groups in total. The zero-order chi connectivity index (χ0) is 17.4. The van der Waals surface area contributed by atoms with Gasteiger partial charge in [-0.2, -0.15) is 0 Å². The number of aromatic nitrogens is 3. The van der Waals surface area contributed by atoms with E-state index in [1.54, 1.807) is 12.3 Å². The summed E-state index contributed by atoms with van der Waals surface area (Å²) in [7, 11) is 0. The van der Waals surface area contributed by atoms with Gasteiger partial charge in [0.05, 0.1) is 12.2 Å². The average molecular weight is 347 g/mol. The van der Waals surface area contributed by atoms with Crippen LogP contribution in [0.3, 0.4) is 0 Å². The van der Waals surface area contributed by atoms with Gasteiger partial charge >= 0.3 is 0 Å². The molecule has 2 aromatic rings. The molecule has 0 spiro atoms. The number of nitrogens with two attached hydrogens (primary N) is 1. The first-order valence-corrected chi connectivity index (χ1v) is 8.55. The van der Waals surface area contributed by atoms with Crippen LogP contribution in [-0.4, -0.2) is 33.4 Å². The van der Waals surface area contributed by atoms with Crippen LogP contribution in [0.2, 0.25) is 0 Å². The maximum Gasteiger partial charge on any atom is 0.217 e. The van der Waals surface area contributed by atoms with E-state index in [4.69, 9.17) is 5.73 Å². The van der Waals surface area contributed by atoms with Gasteiger partial charge in [0.1, 0.15) is 5.69 Å². The molecule has 2 rings (SSSR count). The fourth-order valence-corrected chi connectivity index (χ4v) is 2.47. The van der Waals surface area contributed by atoms with E-state index < -0.39 is 0 Å². The summed E-state index contributed by atoms with van der Waals surface area (Å²) < 4.78 is 0. The molecule has 0 aliphatic heterocycles. The fourth-order valence-electron chi connectivity index (χ4n) is 1.77. The number of amides is 1. The molecule has 1 amide bonds. The van der Waals surface area contributed by atoms with Gasteiger partial charge in [-0.1, -0.05) is 13.3 Å². The second kappa shape index (κ2) is 8.92. The van der Waals surface area contributed by atoms with E-state index >= 15 is 0 Å². The van der Waals surface area contributed by atoms with Crippen LogP contribution in [0.5, 0.6) is 0 Å². The SMILES string of the molecule is CCCCN=C(N)Nc1nc(-c2nccc(CNC(C)=O)n2)cs1. The molecule has 0 bridgehead atoms. The third-order valence-electron chi connectivity index (χ3n) is 2.99. The largest absolute Gasteiger partial charge is 0.370 e. The summed E-state index contributed by atoms with van der Waals surface area (Å²) in [6.07, 6.45) is 3.72. The lowest BCUT2D eigenvalue weighted by atomic mass is 10.3. The summed E-state index contributed by atoms with van der Waals surface area (Å²) in [4.78, 5) is 28.2. The van der Waals surface area contributed by atoms with Crippen LogP contribution >= 0.6 is 11.3 Å². The summed E-state index contributed by atoms with van der Waals surface area (Å²) in [6.45, 7) is 4.62. The van der Waals surface area contributed by atoms with Crippen LogP contribution in [0.4, 0.5) is 5.13 Å². The number of hydrogen-bond acceptors (Lipinski definition) is 6. The molecule has 128 valence electrons. The summed E-state index contributed by atoms with van der Waals surface area (Å²) in [5, 5.41) is 8.16. The Balaban J connectivity index is 2.03. The van der Waals surface area contributed by atoms with Crippen molar-refractivity contribution >= 4 is 28.3 Å². The van der Waals surface area contributed by atoms with Gasteiger partial charge in [-0.3, -0.25) is 9.79 Å². The van der Waals surface area contributed by atoms with Gasteiger partial charge in [-0.25, -0.2) is 15.0 Å². The number of thiazole rings is 1. The quantitative estimate of drug-likeness (QED) is 0.399. The van der Waals surface area contributed by atoms with Crippen molar-refractivity contribution < 1.29 is 4.79 Å². The molecule has 8 nitrogen and oxygen atoms in total. The highest BCUT2D eigenvalue weighted by Gasteiger charge is 2.09. The molecular formula is C15H21N7OS. The number of nitrogens with zero attached hydrogens (tertiary/aromatic N) is 4. The Kier molecular flexibility index (Phi) is 6.62. The van der Waals surface area contributed by atoms with Crippen LogP contribution in [0, 0.1) is 0 Å². The standard InChI is InChI=1S/C15H21N7OS/c1-3-4-6-18-14(16)22-15-21-12(9-24-15)13-17-7-5-11(20-13)8-19-10(2)23/h5,7,9H,3-4,6,8H2,1-2H3,(H,19,23)(H3,16,18,21,22). The number of guanidine groups is 1. The Hall–Kier alpha value is -2.55. The third kappa shape index (κ3) is 5.58. The van der Waals surface area contributed by atoms with Crippen molar-refractivity contribution in [1.82, 2.24) is 20.3 Å². The lowest BCUT2D eigenvalue weighted by molar-refractivity contribution is -0.119. The molecule has 9 heteroatoms. The third-order valence-corrected chi connectivity index (χ3v) is 3.75. The first-order valence-electron chi connectivity index (χ1n) is 7.67.